The monoisotopic (exact) mass is 691 g/mol. The van der Waals surface area contributed by atoms with Crippen LogP contribution in [0.25, 0.3) is 111 Å². The Labute approximate surface area is 309 Å². The molecule has 0 saturated carbocycles. The van der Waals surface area contributed by atoms with Crippen molar-refractivity contribution in [3.05, 3.63) is 176 Å². The second-order valence-electron chi connectivity index (χ2n) is 13.5. The van der Waals surface area contributed by atoms with Gasteiger partial charge >= 0.3 is 0 Å². The van der Waals surface area contributed by atoms with Crippen molar-refractivity contribution in [2.45, 2.75) is 0 Å². The number of fused-ring (bicyclic) bond motifs is 7. The maximum atomic E-state index is 6.53. The molecule has 0 N–H and O–H groups in total. The van der Waals surface area contributed by atoms with Crippen molar-refractivity contribution in [2.75, 3.05) is 0 Å². The largest absolute Gasteiger partial charge is 0.455 e. The Morgan fingerprint density at radius 3 is 1.41 bits per heavy atom. The van der Waals surface area contributed by atoms with Crippen LogP contribution in [-0.4, -0.2) is 15.0 Å². The molecule has 0 saturated heterocycles. The van der Waals surface area contributed by atoms with Crippen molar-refractivity contribution < 1.29 is 8.83 Å². The summed E-state index contributed by atoms with van der Waals surface area (Å²) in [6.07, 6.45) is 0. The van der Waals surface area contributed by atoms with E-state index in [1.807, 2.05) is 66.7 Å². The van der Waals surface area contributed by atoms with Crippen molar-refractivity contribution in [2.24, 2.45) is 0 Å². The number of benzene rings is 8. The predicted molar refractivity (Wildman–Crippen MR) is 219 cm³/mol. The molecular formula is C49H29N3O2. The topological polar surface area (TPSA) is 65.0 Å². The van der Waals surface area contributed by atoms with E-state index >= 15 is 0 Å². The third kappa shape index (κ3) is 4.83. The summed E-state index contributed by atoms with van der Waals surface area (Å²) in [5.74, 6) is 1.60. The first-order chi connectivity index (χ1) is 26.8. The average molecular weight is 692 g/mol. The molecule has 8 aromatic carbocycles. The van der Waals surface area contributed by atoms with E-state index < -0.39 is 0 Å². The maximum absolute atomic E-state index is 6.53. The molecular weight excluding hydrogens is 663 g/mol. The van der Waals surface area contributed by atoms with Crippen LogP contribution in [0.1, 0.15) is 0 Å². The fraction of sp³-hybridized carbons (Fsp3) is 0. The van der Waals surface area contributed by atoms with Gasteiger partial charge < -0.3 is 8.83 Å². The third-order valence-electron chi connectivity index (χ3n) is 10.4. The number of furan rings is 2. The Bertz CT molecular complexity index is 3080. The normalized spacial score (nSPS) is 11.7. The zero-order valence-electron chi connectivity index (χ0n) is 28.9. The van der Waals surface area contributed by atoms with E-state index in [1.54, 1.807) is 0 Å². The Morgan fingerprint density at radius 2 is 0.778 bits per heavy atom. The Morgan fingerprint density at radius 1 is 0.296 bits per heavy atom. The van der Waals surface area contributed by atoms with E-state index in [4.69, 9.17) is 23.8 Å². The quantitative estimate of drug-likeness (QED) is 0.180. The molecule has 3 heterocycles. The maximum Gasteiger partial charge on any atom is 0.167 e. The van der Waals surface area contributed by atoms with Gasteiger partial charge in [0.05, 0.1) is 11.1 Å². The minimum absolute atomic E-state index is 0.520. The van der Waals surface area contributed by atoms with Crippen molar-refractivity contribution >= 4 is 54.6 Å². The second kappa shape index (κ2) is 12.1. The van der Waals surface area contributed by atoms with Gasteiger partial charge in [0.15, 0.2) is 17.5 Å². The number of rotatable bonds is 5. The van der Waals surface area contributed by atoms with E-state index in [-0.39, 0.29) is 0 Å². The predicted octanol–water partition coefficient (Wildman–Crippen LogP) is 13.2. The van der Waals surface area contributed by atoms with Gasteiger partial charge in [0.1, 0.15) is 22.3 Å². The highest BCUT2D eigenvalue weighted by Crippen LogP contribution is 2.41. The molecule has 0 bridgehead atoms. The fourth-order valence-electron chi connectivity index (χ4n) is 7.80. The van der Waals surface area contributed by atoms with Gasteiger partial charge in [-0.2, -0.15) is 0 Å². The van der Waals surface area contributed by atoms with Crippen molar-refractivity contribution in [1.82, 2.24) is 15.0 Å². The van der Waals surface area contributed by atoms with Crippen LogP contribution >= 0.6 is 0 Å². The van der Waals surface area contributed by atoms with Gasteiger partial charge in [0.2, 0.25) is 0 Å². The lowest BCUT2D eigenvalue weighted by atomic mass is 9.92. The summed E-state index contributed by atoms with van der Waals surface area (Å²) in [5.41, 5.74) is 10.0. The van der Waals surface area contributed by atoms with E-state index in [2.05, 4.69) is 109 Å². The van der Waals surface area contributed by atoms with Gasteiger partial charge in [0, 0.05) is 27.1 Å². The molecule has 0 aliphatic carbocycles. The summed E-state index contributed by atoms with van der Waals surface area (Å²) in [7, 11) is 0. The molecule has 0 amide bonds. The number of hydrogen-bond acceptors (Lipinski definition) is 5. The lowest BCUT2D eigenvalue weighted by molar-refractivity contribution is 0.669. The molecule has 0 atom stereocenters. The zero-order valence-corrected chi connectivity index (χ0v) is 28.9. The number of aromatic nitrogens is 3. The van der Waals surface area contributed by atoms with Crippen LogP contribution in [-0.2, 0) is 0 Å². The molecule has 0 aliphatic rings. The molecule has 0 unspecified atom stereocenters. The first-order valence-electron chi connectivity index (χ1n) is 18.0. The molecule has 11 rings (SSSR count). The standard InChI is InChI=1S/C49H29N3O2/c1-2-12-30(13-3-1)31-24-26-33(27-25-31)35-29-28-32-14-4-5-15-34(32)44(35)49-51-47(40-20-10-18-38-36-16-6-8-22-42(36)53-45(38)40)50-48(52-49)41-21-11-19-39-37-17-7-9-23-43(37)54-46(39)41/h1-29H. The highest BCUT2D eigenvalue weighted by atomic mass is 16.3. The van der Waals surface area contributed by atoms with Crippen LogP contribution in [0.15, 0.2) is 185 Å². The SMILES string of the molecule is c1ccc(-c2ccc(-c3ccc4ccccc4c3-c3nc(-c4cccc5c4oc4ccccc45)nc(-c4cccc5c4oc4ccccc45)n3)cc2)cc1. The third-order valence-corrected chi connectivity index (χ3v) is 10.4. The molecule has 54 heavy (non-hydrogen) atoms. The average Bonchev–Trinajstić information content (AvgIpc) is 3.82. The number of hydrogen-bond donors (Lipinski definition) is 0. The molecule has 5 nitrogen and oxygen atoms in total. The van der Waals surface area contributed by atoms with Gasteiger partial charge in [-0.3, -0.25) is 0 Å². The molecule has 252 valence electrons. The zero-order chi connectivity index (χ0) is 35.6. The first kappa shape index (κ1) is 30.3. The summed E-state index contributed by atoms with van der Waals surface area (Å²) >= 11 is 0. The molecule has 0 aliphatic heterocycles. The van der Waals surface area contributed by atoms with Crippen LogP contribution in [0.5, 0.6) is 0 Å². The minimum atomic E-state index is 0.520. The lowest BCUT2D eigenvalue weighted by Crippen LogP contribution is -2.02. The van der Waals surface area contributed by atoms with Crippen molar-refractivity contribution in [3.8, 4) is 56.4 Å². The molecule has 3 aromatic heterocycles. The summed E-state index contributed by atoms with van der Waals surface area (Å²) in [5, 5.41) is 6.26. The van der Waals surface area contributed by atoms with Gasteiger partial charge in [-0.1, -0.05) is 152 Å². The van der Waals surface area contributed by atoms with E-state index in [0.717, 1.165) is 88.0 Å². The summed E-state index contributed by atoms with van der Waals surface area (Å²) in [6.45, 7) is 0. The Balaban J connectivity index is 1.20. The molecule has 0 fully saturated rings. The van der Waals surface area contributed by atoms with E-state index in [9.17, 15) is 0 Å². The lowest BCUT2D eigenvalue weighted by Gasteiger charge is -2.15. The molecule has 0 spiro atoms. The second-order valence-corrected chi connectivity index (χ2v) is 13.5. The van der Waals surface area contributed by atoms with E-state index in [0.29, 0.717) is 17.5 Å². The first-order valence-corrected chi connectivity index (χ1v) is 18.0. The highest BCUT2D eigenvalue weighted by molar-refractivity contribution is 6.11. The smallest absolute Gasteiger partial charge is 0.167 e. The molecule has 11 aromatic rings. The van der Waals surface area contributed by atoms with Crippen molar-refractivity contribution in [1.29, 1.82) is 0 Å². The van der Waals surface area contributed by atoms with Crippen LogP contribution in [0.4, 0.5) is 0 Å². The summed E-state index contributed by atoms with van der Waals surface area (Å²) in [6, 6.07) is 60.5. The van der Waals surface area contributed by atoms with Gasteiger partial charge in [-0.25, -0.2) is 15.0 Å². The summed E-state index contributed by atoms with van der Waals surface area (Å²) < 4.78 is 13.1. The number of nitrogens with zero attached hydrogens (tertiary/aromatic N) is 3. The Hall–Kier alpha value is -7.37. The minimum Gasteiger partial charge on any atom is -0.455 e. The fourth-order valence-corrected chi connectivity index (χ4v) is 7.80. The van der Waals surface area contributed by atoms with Gasteiger partial charge in [0.25, 0.3) is 0 Å². The Kier molecular flexibility index (Phi) is 6.79. The van der Waals surface area contributed by atoms with Crippen LogP contribution < -0.4 is 0 Å². The van der Waals surface area contributed by atoms with Crippen LogP contribution in [0.2, 0.25) is 0 Å². The van der Waals surface area contributed by atoms with Crippen molar-refractivity contribution in [3.63, 3.8) is 0 Å². The highest BCUT2D eigenvalue weighted by Gasteiger charge is 2.23. The van der Waals surface area contributed by atoms with Gasteiger partial charge in [-0.15, -0.1) is 0 Å². The molecule has 0 radical (unpaired) electrons. The van der Waals surface area contributed by atoms with Crippen LogP contribution in [0, 0.1) is 0 Å². The number of para-hydroxylation sites is 4. The van der Waals surface area contributed by atoms with E-state index in [1.165, 1.54) is 5.56 Å². The molecule has 5 heteroatoms. The summed E-state index contributed by atoms with van der Waals surface area (Å²) in [4.78, 5) is 15.9. The van der Waals surface area contributed by atoms with Crippen LogP contribution in [0.3, 0.4) is 0 Å². The van der Waals surface area contributed by atoms with Gasteiger partial charge in [-0.05, 0) is 57.3 Å².